The predicted octanol–water partition coefficient (Wildman–Crippen LogP) is 1.65. The van der Waals surface area contributed by atoms with E-state index in [1.165, 1.54) is 0 Å². The summed E-state index contributed by atoms with van der Waals surface area (Å²) in [5.74, 6) is 1.98. The Balaban J connectivity index is 1.39. The van der Waals surface area contributed by atoms with Crippen molar-refractivity contribution in [2.45, 2.75) is 31.9 Å². The Bertz CT molecular complexity index is 739. The van der Waals surface area contributed by atoms with Crippen molar-refractivity contribution >= 4 is 5.91 Å². The van der Waals surface area contributed by atoms with Crippen molar-refractivity contribution in [1.29, 1.82) is 0 Å². The van der Waals surface area contributed by atoms with Crippen LogP contribution in [0.3, 0.4) is 0 Å². The lowest BCUT2D eigenvalue weighted by molar-refractivity contribution is -0.135. The largest absolute Gasteiger partial charge is 0.454 e. The summed E-state index contributed by atoms with van der Waals surface area (Å²) in [6.07, 6.45) is 2.39. The molecule has 0 spiro atoms. The van der Waals surface area contributed by atoms with Gasteiger partial charge in [-0.3, -0.25) is 4.79 Å². The van der Waals surface area contributed by atoms with E-state index >= 15 is 0 Å². The molecule has 1 atom stereocenters. The summed E-state index contributed by atoms with van der Waals surface area (Å²) < 4.78 is 21.3. The molecule has 2 aliphatic heterocycles. The minimum absolute atomic E-state index is 0.135. The minimum atomic E-state index is -0.376. The number of amides is 1. The molecule has 1 aromatic heterocycles. The second-order valence-electron chi connectivity index (χ2n) is 5.66. The lowest BCUT2D eigenvalue weighted by Gasteiger charge is -2.21. The van der Waals surface area contributed by atoms with Crippen molar-refractivity contribution in [2.24, 2.45) is 0 Å². The van der Waals surface area contributed by atoms with Gasteiger partial charge in [0.25, 0.3) is 5.89 Å². The highest BCUT2D eigenvalue weighted by atomic mass is 16.7. The van der Waals surface area contributed by atoms with Gasteiger partial charge >= 0.3 is 0 Å². The van der Waals surface area contributed by atoms with Gasteiger partial charge in [0.1, 0.15) is 6.10 Å². The normalized spacial score (nSPS) is 19.2. The molecule has 8 heteroatoms. The number of hydrogen-bond donors (Lipinski definition) is 1. The van der Waals surface area contributed by atoms with Crippen LogP contribution in [0.5, 0.6) is 11.5 Å². The number of fused-ring (bicyclic) bond motifs is 1. The summed E-state index contributed by atoms with van der Waals surface area (Å²) in [6, 6.07) is 5.40. The highest BCUT2D eigenvalue weighted by Gasteiger charge is 2.22. The molecule has 8 nitrogen and oxygen atoms in total. The Labute approximate surface area is 138 Å². The molecule has 0 radical (unpaired) electrons. The van der Waals surface area contributed by atoms with Gasteiger partial charge in [0.2, 0.25) is 12.7 Å². The molecule has 3 heterocycles. The average molecular weight is 331 g/mol. The van der Waals surface area contributed by atoms with Crippen LogP contribution in [0.2, 0.25) is 0 Å². The fourth-order valence-electron chi connectivity index (χ4n) is 2.70. The van der Waals surface area contributed by atoms with Crippen LogP contribution in [0.1, 0.15) is 25.1 Å². The number of benzene rings is 1. The summed E-state index contributed by atoms with van der Waals surface area (Å²) in [4.78, 5) is 16.3. The highest BCUT2D eigenvalue weighted by Crippen LogP contribution is 2.35. The van der Waals surface area contributed by atoms with Crippen molar-refractivity contribution in [3.63, 3.8) is 0 Å². The van der Waals surface area contributed by atoms with Gasteiger partial charge in [-0.05, 0) is 37.5 Å². The third kappa shape index (κ3) is 3.05. The van der Waals surface area contributed by atoms with Crippen molar-refractivity contribution in [1.82, 2.24) is 15.5 Å². The maximum atomic E-state index is 12.0. The van der Waals surface area contributed by atoms with Crippen molar-refractivity contribution in [3.05, 3.63) is 24.0 Å². The minimum Gasteiger partial charge on any atom is -0.454 e. The van der Waals surface area contributed by atoms with Crippen LogP contribution in [-0.2, 0) is 16.1 Å². The molecular formula is C16H17N3O5. The van der Waals surface area contributed by atoms with E-state index in [2.05, 4.69) is 15.5 Å². The van der Waals surface area contributed by atoms with Gasteiger partial charge in [-0.1, -0.05) is 5.16 Å². The van der Waals surface area contributed by atoms with Crippen LogP contribution in [-0.4, -0.2) is 35.6 Å². The summed E-state index contributed by atoms with van der Waals surface area (Å²) in [5, 5.41) is 6.67. The topological polar surface area (TPSA) is 95.7 Å². The molecule has 1 N–H and O–H groups in total. The first-order valence-corrected chi connectivity index (χ1v) is 7.91. The number of hydrogen-bond acceptors (Lipinski definition) is 7. The molecule has 0 bridgehead atoms. The van der Waals surface area contributed by atoms with Gasteiger partial charge in [-0.15, -0.1) is 0 Å². The molecule has 1 amide bonds. The third-order valence-electron chi connectivity index (χ3n) is 3.98. The SMILES string of the molecule is O=C(NCc1noc(-c2ccc3c(c2)OCO3)n1)C1CCCCO1. The molecule has 0 aliphatic carbocycles. The zero-order chi connectivity index (χ0) is 16.4. The molecule has 1 saturated heterocycles. The lowest BCUT2D eigenvalue weighted by atomic mass is 10.1. The summed E-state index contributed by atoms with van der Waals surface area (Å²) in [7, 11) is 0. The van der Waals surface area contributed by atoms with Crippen molar-refractivity contribution < 1.29 is 23.5 Å². The van der Waals surface area contributed by atoms with Gasteiger partial charge in [0.05, 0.1) is 6.54 Å². The summed E-state index contributed by atoms with van der Waals surface area (Å²) >= 11 is 0. The molecule has 1 fully saturated rings. The van der Waals surface area contributed by atoms with Crippen LogP contribution >= 0.6 is 0 Å². The van der Waals surface area contributed by atoms with Crippen LogP contribution in [0.25, 0.3) is 11.5 Å². The Kier molecular flexibility index (Phi) is 4.04. The molecule has 1 aromatic carbocycles. The number of aromatic nitrogens is 2. The first kappa shape index (κ1) is 14.9. The summed E-state index contributed by atoms with van der Waals surface area (Å²) in [6.45, 7) is 1.05. The first-order valence-electron chi connectivity index (χ1n) is 7.91. The Hall–Kier alpha value is -2.61. The van der Waals surface area contributed by atoms with Crippen LogP contribution in [0.15, 0.2) is 22.7 Å². The van der Waals surface area contributed by atoms with E-state index < -0.39 is 0 Å². The molecule has 126 valence electrons. The Morgan fingerprint density at radius 3 is 3.04 bits per heavy atom. The predicted molar refractivity (Wildman–Crippen MR) is 81.3 cm³/mol. The van der Waals surface area contributed by atoms with E-state index in [4.69, 9.17) is 18.7 Å². The van der Waals surface area contributed by atoms with E-state index in [0.717, 1.165) is 24.8 Å². The molecule has 2 aromatic rings. The second kappa shape index (κ2) is 6.48. The molecule has 1 unspecified atom stereocenters. The number of nitrogens with zero attached hydrogens (tertiary/aromatic N) is 2. The fraction of sp³-hybridized carbons (Fsp3) is 0.438. The summed E-state index contributed by atoms with van der Waals surface area (Å²) in [5.41, 5.74) is 0.736. The molecule has 24 heavy (non-hydrogen) atoms. The number of nitrogens with one attached hydrogen (secondary N) is 1. The van der Waals surface area contributed by atoms with Crippen LogP contribution in [0.4, 0.5) is 0 Å². The maximum absolute atomic E-state index is 12.0. The van der Waals surface area contributed by atoms with E-state index in [0.29, 0.717) is 29.8 Å². The zero-order valence-corrected chi connectivity index (χ0v) is 13.0. The monoisotopic (exact) mass is 331 g/mol. The van der Waals surface area contributed by atoms with Crippen molar-refractivity contribution in [2.75, 3.05) is 13.4 Å². The van der Waals surface area contributed by atoms with Crippen LogP contribution in [0, 0.1) is 0 Å². The molecule has 2 aliphatic rings. The standard InChI is InChI=1S/C16H17N3O5/c20-15(12-3-1-2-6-21-12)17-8-14-18-16(24-19-14)10-4-5-11-13(7-10)23-9-22-11/h4-5,7,12H,1-3,6,8-9H2,(H,17,20). The lowest BCUT2D eigenvalue weighted by Crippen LogP contribution is -2.38. The first-order chi connectivity index (χ1) is 11.8. The smallest absolute Gasteiger partial charge is 0.258 e. The van der Waals surface area contributed by atoms with Gasteiger partial charge in [0.15, 0.2) is 17.3 Å². The fourth-order valence-corrected chi connectivity index (χ4v) is 2.70. The van der Waals surface area contributed by atoms with E-state index in [1.807, 2.05) is 6.07 Å². The number of carbonyl (C=O) groups is 1. The molecular weight excluding hydrogens is 314 g/mol. The van der Waals surface area contributed by atoms with E-state index in [-0.39, 0.29) is 25.3 Å². The average Bonchev–Trinajstić information content (AvgIpc) is 3.29. The van der Waals surface area contributed by atoms with Gasteiger partial charge in [0, 0.05) is 12.2 Å². The number of carbonyl (C=O) groups excluding carboxylic acids is 1. The number of rotatable bonds is 4. The highest BCUT2D eigenvalue weighted by molar-refractivity contribution is 5.80. The third-order valence-corrected chi connectivity index (χ3v) is 3.98. The zero-order valence-electron chi connectivity index (χ0n) is 13.0. The van der Waals surface area contributed by atoms with Crippen molar-refractivity contribution in [3.8, 4) is 23.0 Å². The van der Waals surface area contributed by atoms with Gasteiger partial charge in [-0.25, -0.2) is 0 Å². The Morgan fingerprint density at radius 1 is 1.25 bits per heavy atom. The van der Waals surface area contributed by atoms with Gasteiger partial charge < -0.3 is 24.1 Å². The van der Waals surface area contributed by atoms with E-state index in [9.17, 15) is 4.79 Å². The number of ether oxygens (including phenoxy) is 3. The maximum Gasteiger partial charge on any atom is 0.258 e. The second-order valence-corrected chi connectivity index (χ2v) is 5.66. The van der Waals surface area contributed by atoms with Gasteiger partial charge in [-0.2, -0.15) is 4.98 Å². The molecule has 0 saturated carbocycles. The van der Waals surface area contributed by atoms with Crippen LogP contribution < -0.4 is 14.8 Å². The quantitative estimate of drug-likeness (QED) is 0.910. The Morgan fingerprint density at radius 2 is 2.17 bits per heavy atom. The molecule has 4 rings (SSSR count). The van der Waals surface area contributed by atoms with E-state index in [1.54, 1.807) is 12.1 Å².